The van der Waals surface area contributed by atoms with E-state index in [4.69, 9.17) is 4.74 Å². The van der Waals surface area contributed by atoms with E-state index in [1.165, 1.54) is 0 Å². The van der Waals surface area contributed by atoms with Gasteiger partial charge in [-0.3, -0.25) is 4.79 Å². The summed E-state index contributed by atoms with van der Waals surface area (Å²) in [4.78, 5) is 12.1. The Bertz CT molecular complexity index is 167. The molecule has 1 atom stereocenters. The third-order valence-corrected chi connectivity index (χ3v) is 2.86. The van der Waals surface area contributed by atoms with Gasteiger partial charge in [-0.2, -0.15) is 6.42 Å². The van der Waals surface area contributed by atoms with Crippen molar-refractivity contribution in [1.29, 1.82) is 0 Å². The van der Waals surface area contributed by atoms with Crippen LogP contribution in [0, 0.1) is 10.2 Å². The van der Waals surface area contributed by atoms with Crippen LogP contribution in [0.15, 0.2) is 0 Å². The van der Waals surface area contributed by atoms with Gasteiger partial charge in [0, 0.05) is 0 Å². The summed E-state index contributed by atoms with van der Waals surface area (Å²) >= 11 is 3.29. The van der Waals surface area contributed by atoms with Gasteiger partial charge in [-0.25, -0.2) is 4.83 Å². The standard InChI is InChI=1S/C7H10BrO2.ClH.Mg/c1-3-10-6(9)7(2)4-5(7)8;;/h3-4H2,1-2H3;1H;/q-1;;+2/p-1/t7-;;/m0../s1. The zero-order valence-electron chi connectivity index (χ0n) is 7.19. The Kier molecular flexibility index (Phi) is 7.32. The Labute approximate surface area is 103 Å². The fourth-order valence-corrected chi connectivity index (χ4v) is 1.46. The van der Waals surface area contributed by atoms with Gasteiger partial charge in [0.15, 0.2) is 0 Å². The largest absolute Gasteiger partial charge is 2.00 e. The van der Waals surface area contributed by atoms with Crippen LogP contribution in [0.5, 0.6) is 0 Å². The van der Waals surface area contributed by atoms with Gasteiger partial charge in [-0.05, 0) is 6.92 Å². The third-order valence-electron chi connectivity index (χ3n) is 1.71. The number of esters is 1. The van der Waals surface area contributed by atoms with E-state index >= 15 is 0 Å². The minimum Gasteiger partial charge on any atom is -1.00 e. The number of carbonyl (C=O) groups excluding carboxylic acids is 1. The molecule has 0 heterocycles. The molecule has 0 bridgehead atoms. The maximum absolute atomic E-state index is 11.1. The second kappa shape index (κ2) is 5.68. The molecule has 0 saturated heterocycles. The summed E-state index contributed by atoms with van der Waals surface area (Å²) in [5.74, 6) is -0.109. The Morgan fingerprint density at radius 1 is 1.75 bits per heavy atom. The summed E-state index contributed by atoms with van der Waals surface area (Å²) in [6.07, 6.45) is 0.825. The first-order valence-electron chi connectivity index (χ1n) is 3.30. The van der Waals surface area contributed by atoms with Crippen LogP contribution in [-0.4, -0.2) is 35.6 Å². The fourth-order valence-electron chi connectivity index (χ4n) is 0.740. The normalized spacial score (nSPS) is 26.6. The molecule has 1 aliphatic carbocycles. The third kappa shape index (κ3) is 3.05. The van der Waals surface area contributed by atoms with Gasteiger partial charge in [-0.1, -0.05) is 12.3 Å². The second-order valence-corrected chi connectivity index (χ2v) is 3.59. The van der Waals surface area contributed by atoms with Gasteiger partial charge >= 0.3 is 23.1 Å². The van der Waals surface area contributed by atoms with Crippen LogP contribution in [0.2, 0.25) is 0 Å². The molecular formula is C7H10BrClMgO2. The summed E-state index contributed by atoms with van der Waals surface area (Å²) < 4.78 is 4.85. The molecule has 2 nitrogen and oxygen atoms in total. The van der Waals surface area contributed by atoms with E-state index in [2.05, 4.69) is 15.9 Å². The van der Waals surface area contributed by atoms with Crippen LogP contribution in [0.4, 0.5) is 0 Å². The van der Waals surface area contributed by atoms with Crippen LogP contribution in [0.25, 0.3) is 0 Å². The summed E-state index contributed by atoms with van der Waals surface area (Å²) in [7, 11) is 0. The van der Waals surface area contributed by atoms with Gasteiger partial charge in [0.05, 0.1) is 6.61 Å². The molecule has 0 spiro atoms. The quantitative estimate of drug-likeness (QED) is 0.346. The van der Waals surface area contributed by atoms with E-state index in [0.29, 0.717) is 6.61 Å². The van der Waals surface area contributed by atoms with E-state index in [1.807, 2.05) is 13.8 Å². The van der Waals surface area contributed by atoms with Gasteiger partial charge in [0.25, 0.3) is 5.97 Å². The first-order chi connectivity index (χ1) is 4.61. The monoisotopic (exact) mass is 264 g/mol. The number of halogens is 2. The summed E-state index contributed by atoms with van der Waals surface area (Å²) in [5.41, 5.74) is -0.310. The maximum Gasteiger partial charge on any atom is 2.00 e. The van der Waals surface area contributed by atoms with Crippen LogP contribution in [-0.2, 0) is 9.53 Å². The van der Waals surface area contributed by atoms with Crippen molar-refractivity contribution in [2.24, 2.45) is 5.41 Å². The SMILES string of the molecule is CCOC(=O)[C@@]1(C)C[C-]1Br.[Cl-].[Mg+2]. The topological polar surface area (TPSA) is 26.3 Å². The van der Waals surface area contributed by atoms with Crippen LogP contribution in [0.1, 0.15) is 20.3 Å². The Balaban J connectivity index is 0. The van der Waals surface area contributed by atoms with Crippen molar-refractivity contribution in [2.75, 3.05) is 6.61 Å². The molecule has 66 valence electrons. The van der Waals surface area contributed by atoms with E-state index in [0.717, 1.165) is 11.2 Å². The molecule has 0 aromatic rings. The average molecular weight is 266 g/mol. The average Bonchev–Trinajstić information content (AvgIpc) is 2.43. The van der Waals surface area contributed by atoms with Crippen LogP contribution < -0.4 is 12.4 Å². The number of hydrogen-bond donors (Lipinski definition) is 0. The van der Waals surface area contributed by atoms with Crippen LogP contribution in [0.3, 0.4) is 0 Å². The summed E-state index contributed by atoms with van der Waals surface area (Å²) in [6, 6.07) is 0. The Morgan fingerprint density at radius 2 is 2.17 bits per heavy atom. The number of hydrogen-bond acceptors (Lipinski definition) is 2. The van der Waals surface area contributed by atoms with Crippen molar-refractivity contribution in [3.63, 3.8) is 0 Å². The molecule has 1 fully saturated rings. The Morgan fingerprint density at radius 3 is 2.42 bits per heavy atom. The predicted molar refractivity (Wildman–Crippen MR) is 47.3 cm³/mol. The molecule has 0 aromatic carbocycles. The smallest absolute Gasteiger partial charge is 1.00 e. The zero-order valence-corrected chi connectivity index (χ0v) is 10.9. The minimum absolute atomic E-state index is 0. The molecule has 0 aliphatic heterocycles. The molecule has 0 N–H and O–H groups in total. The molecule has 1 rings (SSSR count). The molecular weight excluding hydrogens is 256 g/mol. The number of carbonyl (C=O) groups is 1. The molecule has 1 saturated carbocycles. The first-order valence-corrected chi connectivity index (χ1v) is 4.09. The van der Waals surface area contributed by atoms with Gasteiger partial charge < -0.3 is 33.1 Å². The number of rotatable bonds is 2. The molecule has 0 aromatic heterocycles. The van der Waals surface area contributed by atoms with Crippen molar-refractivity contribution in [3.8, 4) is 0 Å². The zero-order chi connectivity index (χ0) is 7.78. The minimum atomic E-state index is -0.310. The maximum atomic E-state index is 11.1. The fraction of sp³-hybridized carbons (Fsp3) is 0.714. The molecule has 5 heteroatoms. The molecule has 1 aliphatic rings. The second-order valence-electron chi connectivity index (χ2n) is 2.63. The summed E-state index contributed by atoms with van der Waals surface area (Å²) in [5, 5.41) is 0. The van der Waals surface area contributed by atoms with Crippen molar-refractivity contribution >= 4 is 45.0 Å². The van der Waals surface area contributed by atoms with E-state index < -0.39 is 0 Å². The number of ether oxygens (including phenoxy) is 1. The van der Waals surface area contributed by atoms with Crippen molar-refractivity contribution in [2.45, 2.75) is 20.3 Å². The van der Waals surface area contributed by atoms with Gasteiger partial charge in [0.2, 0.25) is 0 Å². The van der Waals surface area contributed by atoms with E-state index in [9.17, 15) is 4.79 Å². The summed E-state index contributed by atoms with van der Waals surface area (Å²) in [6.45, 7) is 4.17. The van der Waals surface area contributed by atoms with Gasteiger partial charge in [-0.15, -0.1) is 0 Å². The van der Waals surface area contributed by atoms with E-state index in [-0.39, 0.29) is 46.8 Å². The van der Waals surface area contributed by atoms with E-state index in [1.54, 1.807) is 0 Å². The van der Waals surface area contributed by atoms with Crippen molar-refractivity contribution in [3.05, 3.63) is 4.83 Å². The predicted octanol–water partition coefficient (Wildman–Crippen LogP) is -1.49. The van der Waals surface area contributed by atoms with Gasteiger partial charge in [0.1, 0.15) is 0 Å². The first kappa shape index (κ1) is 15.5. The van der Waals surface area contributed by atoms with Crippen molar-refractivity contribution in [1.82, 2.24) is 0 Å². The molecule has 12 heavy (non-hydrogen) atoms. The van der Waals surface area contributed by atoms with Crippen LogP contribution >= 0.6 is 15.9 Å². The Hall–Kier alpha value is 1.01. The van der Waals surface area contributed by atoms with Crippen molar-refractivity contribution < 1.29 is 21.9 Å². The molecule has 0 amide bonds. The molecule has 0 unspecified atom stereocenters. The molecule has 0 radical (unpaired) electrons.